The molecule has 2 fully saturated rings. The van der Waals surface area contributed by atoms with E-state index in [0.29, 0.717) is 22.7 Å². The number of rotatable bonds is 3. The summed E-state index contributed by atoms with van der Waals surface area (Å²) < 4.78 is 7.69. The van der Waals surface area contributed by atoms with E-state index in [-0.39, 0.29) is 28.9 Å². The zero-order valence-corrected chi connectivity index (χ0v) is 18.9. The van der Waals surface area contributed by atoms with Gasteiger partial charge in [-0.15, -0.1) is 0 Å². The highest BCUT2D eigenvalue weighted by molar-refractivity contribution is 5.80. The molecule has 2 aromatic rings. The van der Waals surface area contributed by atoms with E-state index in [1.165, 1.54) is 0 Å². The van der Waals surface area contributed by atoms with Gasteiger partial charge >= 0.3 is 0 Å². The van der Waals surface area contributed by atoms with Crippen molar-refractivity contribution in [2.24, 2.45) is 10.8 Å². The standard InChI is InChI=1S/C25H33N3O3/c1-24(2)12-17-13-25(3,15-24)16-28(17)22(29)14-31-18-8-9-20-19(11-18)23(30)27-10-6-4-5-7-21(27)26-20/h8-9,11,17H,4-7,10,12-16H2,1-3H3/t17-,25+/m1/s1. The van der Waals surface area contributed by atoms with Gasteiger partial charge in [0.05, 0.1) is 10.9 Å². The predicted octanol–water partition coefficient (Wildman–Crippen LogP) is 3.93. The molecule has 6 heteroatoms. The Morgan fingerprint density at radius 1 is 1.19 bits per heavy atom. The first-order valence-corrected chi connectivity index (χ1v) is 11.7. The summed E-state index contributed by atoms with van der Waals surface area (Å²) in [7, 11) is 0. The largest absolute Gasteiger partial charge is 0.484 e. The van der Waals surface area contributed by atoms with Crippen LogP contribution in [0, 0.1) is 10.8 Å². The second-order valence-corrected chi connectivity index (χ2v) is 11.0. The topological polar surface area (TPSA) is 64.4 Å². The summed E-state index contributed by atoms with van der Waals surface area (Å²) in [6.07, 6.45) is 7.37. The summed E-state index contributed by atoms with van der Waals surface area (Å²) in [5.74, 6) is 1.49. The van der Waals surface area contributed by atoms with Crippen molar-refractivity contribution in [1.82, 2.24) is 14.5 Å². The molecule has 1 aliphatic carbocycles. The molecule has 3 aliphatic rings. The van der Waals surface area contributed by atoms with Gasteiger partial charge in [-0.3, -0.25) is 14.2 Å². The van der Waals surface area contributed by atoms with Crippen molar-refractivity contribution in [3.05, 3.63) is 34.4 Å². The third-order valence-electron chi connectivity index (χ3n) is 7.38. The number of carbonyl (C=O) groups excluding carboxylic acids is 1. The van der Waals surface area contributed by atoms with Gasteiger partial charge in [0.25, 0.3) is 11.5 Å². The van der Waals surface area contributed by atoms with Gasteiger partial charge in [-0.05, 0) is 61.1 Å². The third-order valence-corrected chi connectivity index (χ3v) is 7.38. The Morgan fingerprint density at radius 3 is 2.87 bits per heavy atom. The maximum atomic E-state index is 13.0. The molecule has 6 nitrogen and oxygen atoms in total. The fourth-order valence-electron chi connectivity index (χ4n) is 6.47. The predicted molar refractivity (Wildman–Crippen MR) is 120 cm³/mol. The summed E-state index contributed by atoms with van der Waals surface area (Å²) in [5.41, 5.74) is 1.20. The van der Waals surface area contributed by atoms with Crippen LogP contribution in [0.3, 0.4) is 0 Å². The minimum absolute atomic E-state index is 0.00201. The van der Waals surface area contributed by atoms with E-state index in [1.807, 2.05) is 21.6 Å². The Hall–Kier alpha value is -2.37. The lowest BCUT2D eigenvalue weighted by molar-refractivity contribution is -0.134. The molecule has 1 aromatic heterocycles. The quantitative estimate of drug-likeness (QED) is 0.750. The normalized spacial score (nSPS) is 27.1. The van der Waals surface area contributed by atoms with Gasteiger partial charge in [0.15, 0.2) is 6.61 Å². The first-order chi connectivity index (χ1) is 14.7. The molecule has 2 bridgehead atoms. The van der Waals surface area contributed by atoms with Gasteiger partial charge in [0.2, 0.25) is 0 Å². The highest BCUT2D eigenvalue weighted by Crippen LogP contribution is 2.52. The smallest absolute Gasteiger partial charge is 0.261 e. The van der Waals surface area contributed by atoms with Crippen LogP contribution in [-0.4, -0.2) is 39.6 Å². The lowest BCUT2D eigenvalue weighted by Gasteiger charge is -2.39. The zero-order valence-electron chi connectivity index (χ0n) is 18.9. The van der Waals surface area contributed by atoms with Crippen LogP contribution in [0.25, 0.3) is 10.9 Å². The van der Waals surface area contributed by atoms with Crippen LogP contribution >= 0.6 is 0 Å². The van der Waals surface area contributed by atoms with E-state index < -0.39 is 0 Å². The molecule has 0 radical (unpaired) electrons. The lowest BCUT2D eigenvalue weighted by atomic mass is 9.65. The average Bonchev–Trinajstić information content (AvgIpc) is 2.84. The van der Waals surface area contributed by atoms with Gasteiger partial charge in [0, 0.05) is 25.6 Å². The second-order valence-electron chi connectivity index (χ2n) is 11.0. The number of aromatic nitrogens is 2. The molecule has 31 heavy (non-hydrogen) atoms. The molecule has 1 aromatic carbocycles. The van der Waals surface area contributed by atoms with E-state index in [0.717, 1.165) is 63.9 Å². The summed E-state index contributed by atoms with van der Waals surface area (Å²) in [6.45, 7) is 8.49. The minimum Gasteiger partial charge on any atom is -0.484 e. The highest BCUT2D eigenvalue weighted by atomic mass is 16.5. The van der Waals surface area contributed by atoms with Crippen molar-refractivity contribution < 1.29 is 9.53 Å². The van der Waals surface area contributed by atoms with Gasteiger partial charge in [-0.25, -0.2) is 4.98 Å². The van der Waals surface area contributed by atoms with Gasteiger partial charge < -0.3 is 9.64 Å². The summed E-state index contributed by atoms with van der Waals surface area (Å²) in [5, 5.41) is 0.571. The fraction of sp³-hybridized carbons (Fsp3) is 0.640. The van der Waals surface area contributed by atoms with E-state index in [2.05, 4.69) is 20.8 Å². The molecule has 1 saturated heterocycles. The molecule has 0 unspecified atom stereocenters. The number of ether oxygens (including phenoxy) is 1. The van der Waals surface area contributed by atoms with Crippen molar-refractivity contribution in [3.63, 3.8) is 0 Å². The molecule has 5 rings (SSSR count). The number of hydrogen-bond donors (Lipinski definition) is 0. The number of nitrogens with zero attached hydrogens (tertiary/aromatic N) is 3. The summed E-state index contributed by atoms with van der Waals surface area (Å²) in [6, 6.07) is 5.73. The fourth-order valence-corrected chi connectivity index (χ4v) is 6.47. The SMILES string of the molecule is CC1(C)C[C@@H]2C[C@](C)(CN2C(=O)COc2ccc3nc4n(c(=O)c3c2)CCCCC4)C1. The number of benzene rings is 1. The van der Waals surface area contributed by atoms with Crippen LogP contribution in [0.1, 0.15) is 65.1 Å². The molecular weight excluding hydrogens is 390 g/mol. The second kappa shape index (κ2) is 7.35. The van der Waals surface area contributed by atoms with Crippen molar-refractivity contribution >= 4 is 16.8 Å². The molecule has 2 atom stereocenters. The first kappa shape index (κ1) is 20.5. The number of aryl methyl sites for hydroxylation is 1. The van der Waals surface area contributed by atoms with Gasteiger partial charge in [-0.2, -0.15) is 0 Å². The third kappa shape index (κ3) is 3.85. The maximum absolute atomic E-state index is 13.0. The molecule has 2 aliphatic heterocycles. The molecule has 3 heterocycles. The van der Waals surface area contributed by atoms with Crippen molar-refractivity contribution in [2.45, 2.75) is 78.3 Å². The van der Waals surface area contributed by atoms with Gasteiger partial charge in [-0.1, -0.05) is 27.2 Å². The molecule has 1 saturated carbocycles. The van der Waals surface area contributed by atoms with Crippen molar-refractivity contribution in [2.75, 3.05) is 13.2 Å². The van der Waals surface area contributed by atoms with E-state index in [9.17, 15) is 9.59 Å². The highest BCUT2D eigenvalue weighted by Gasteiger charge is 2.50. The Kier molecular flexibility index (Phi) is 4.87. The molecule has 1 amide bonds. The Labute approximate surface area is 183 Å². The Bertz CT molecular complexity index is 1090. The molecular formula is C25H33N3O3. The Balaban J connectivity index is 1.33. The van der Waals surface area contributed by atoms with Crippen LogP contribution < -0.4 is 10.3 Å². The first-order valence-electron chi connectivity index (χ1n) is 11.7. The molecule has 0 N–H and O–H groups in total. The van der Waals surface area contributed by atoms with Gasteiger partial charge in [0.1, 0.15) is 11.6 Å². The van der Waals surface area contributed by atoms with Crippen LogP contribution in [-0.2, 0) is 17.8 Å². The monoisotopic (exact) mass is 423 g/mol. The number of amides is 1. The van der Waals surface area contributed by atoms with E-state index in [1.54, 1.807) is 6.07 Å². The number of hydrogen-bond acceptors (Lipinski definition) is 4. The van der Waals surface area contributed by atoms with Crippen LogP contribution in [0.5, 0.6) is 5.75 Å². The number of likely N-dealkylation sites (tertiary alicyclic amines) is 1. The van der Waals surface area contributed by atoms with Crippen LogP contribution in [0.4, 0.5) is 0 Å². The number of carbonyl (C=O) groups is 1. The summed E-state index contributed by atoms with van der Waals surface area (Å²) in [4.78, 5) is 32.8. The zero-order chi connectivity index (χ0) is 21.8. The lowest BCUT2D eigenvalue weighted by Crippen LogP contribution is -2.40. The summed E-state index contributed by atoms with van der Waals surface area (Å²) >= 11 is 0. The van der Waals surface area contributed by atoms with E-state index >= 15 is 0 Å². The van der Waals surface area contributed by atoms with Crippen molar-refractivity contribution in [3.8, 4) is 5.75 Å². The molecule has 166 valence electrons. The van der Waals surface area contributed by atoms with Crippen LogP contribution in [0.2, 0.25) is 0 Å². The maximum Gasteiger partial charge on any atom is 0.261 e. The molecule has 0 spiro atoms. The van der Waals surface area contributed by atoms with Crippen LogP contribution in [0.15, 0.2) is 23.0 Å². The number of fused-ring (bicyclic) bond motifs is 4. The minimum atomic E-state index is 0.00201. The Morgan fingerprint density at radius 2 is 2.03 bits per heavy atom. The average molecular weight is 424 g/mol. The van der Waals surface area contributed by atoms with E-state index in [4.69, 9.17) is 9.72 Å². The van der Waals surface area contributed by atoms with Crippen molar-refractivity contribution in [1.29, 1.82) is 0 Å².